The monoisotopic (exact) mass is 416 g/mol. The molecular formula is C15H14BrClN2O3S. The molecule has 2 rings (SSSR count). The van der Waals surface area contributed by atoms with Crippen LogP contribution in [-0.2, 0) is 14.8 Å². The molecule has 0 saturated carbocycles. The number of hydrogen-bond acceptors (Lipinski definition) is 3. The Morgan fingerprint density at radius 1 is 1.13 bits per heavy atom. The van der Waals surface area contributed by atoms with Gasteiger partial charge in [-0.3, -0.25) is 4.79 Å². The van der Waals surface area contributed by atoms with Gasteiger partial charge in [0.2, 0.25) is 15.9 Å². The molecule has 1 atom stereocenters. The minimum absolute atomic E-state index is 0.0816. The molecule has 0 aromatic heterocycles. The Morgan fingerprint density at radius 2 is 1.74 bits per heavy atom. The summed E-state index contributed by atoms with van der Waals surface area (Å²) in [7, 11) is -3.79. The van der Waals surface area contributed by atoms with E-state index in [4.69, 9.17) is 11.6 Å². The number of rotatable bonds is 5. The molecule has 122 valence electrons. The zero-order valence-corrected chi connectivity index (χ0v) is 15.2. The molecular weight excluding hydrogens is 404 g/mol. The number of nitrogens with one attached hydrogen (secondary N) is 2. The van der Waals surface area contributed by atoms with E-state index in [1.165, 1.54) is 19.1 Å². The lowest BCUT2D eigenvalue weighted by atomic mass is 10.3. The van der Waals surface area contributed by atoms with E-state index in [2.05, 4.69) is 26.0 Å². The molecule has 2 aromatic rings. The topological polar surface area (TPSA) is 75.3 Å². The SMILES string of the molecule is CC(NS(=O)(=O)c1ccc(Br)cc1)C(=O)Nc1ccccc1Cl. The van der Waals surface area contributed by atoms with E-state index in [1.807, 2.05) is 0 Å². The van der Waals surface area contributed by atoms with Crippen LogP contribution in [0.3, 0.4) is 0 Å². The van der Waals surface area contributed by atoms with E-state index in [1.54, 1.807) is 36.4 Å². The third-order valence-corrected chi connectivity index (χ3v) is 5.40. The summed E-state index contributed by atoms with van der Waals surface area (Å²) in [6, 6.07) is 11.9. The molecule has 1 unspecified atom stereocenters. The van der Waals surface area contributed by atoms with Crippen molar-refractivity contribution in [2.45, 2.75) is 17.9 Å². The number of halogens is 2. The zero-order chi connectivity index (χ0) is 17.0. The second kappa shape index (κ2) is 7.44. The highest BCUT2D eigenvalue weighted by molar-refractivity contribution is 9.10. The quantitative estimate of drug-likeness (QED) is 0.783. The molecule has 0 saturated heterocycles. The van der Waals surface area contributed by atoms with Crippen molar-refractivity contribution in [3.63, 3.8) is 0 Å². The van der Waals surface area contributed by atoms with Crippen molar-refractivity contribution in [3.8, 4) is 0 Å². The minimum atomic E-state index is -3.79. The summed E-state index contributed by atoms with van der Waals surface area (Å²) in [5.41, 5.74) is 0.425. The molecule has 2 aromatic carbocycles. The van der Waals surface area contributed by atoms with Crippen LogP contribution < -0.4 is 10.0 Å². The van der Waals surface area contributed by atoms with E-state index >= 15 is 0 Å². The third kappa shape index (κ3) is 4.78. The largest absolute Gasteiger partial charge is 0.323 e. The Kier molecular flexibility index (Phi) is 5.80. The average Bonchev–Trinajstić information content (AvgIpc) is 2.49. The Labute approximate surface area is 148 Å². The summed E-state index contributed by atoms with van der Waals surface area (Å²) in [5.74, 6) is -0.501. The van der Waals surface area contributed by atoms with Gasteiger partial charge in [-0.25, -0.2) is 8.42 Å². The van der Waals surface area contributed by atoms with Crippen LogP contribution in [0.4, 0.5) is 5.69 Å². The van der Waals surface area contributed by atoms with E-state index in [0.717, 1.165) is 4.47 Å². The number of hydrogen-bond donors (Lipinski definition) is 2. The molecule has 0 bridgehead atoms. The Bertz CT molecular complexity index is 810. The van der Waals surface area contributed by atoms with Crippen LogP contribution in [0, 0.1) is 0 Å². The molecule has 2 N–H and O–H groups in total. The van der Waals surface area contributed by atoms with Gasteiger partial charge in [0, 0.05) is 4.47 Å². The standard InChI is InChI=1S/C15H14BrClN2O3S/c1-10(15(20)18-14-5-3-2-4-13(14)17)19-23(21,22)12-8-6-11(16)7-9-12/h2-10,19H,1H3,(H,18,20). The summed E-state index contributed by atoms with van der Waals surface area (Å²) in [6.07, 6.45) is 0. The molecule has 0 aliphatic carbocycles. The fraction of sp³-hybridized carbons (Fsp3) is 0.133. The van der Waals surface area contributed by atoms with Crippen molar-refractivity contribution in [2.75, 3.05) is 5.32 Å². The maximum absolute atomic E-state index is 12.2. The fourth-order valence-corrected chi connectivity index (χ4v) is 3.42. The van der Waals surface area contributed by atoms with Crippen LogP contribution in [0.5, 0.6) is 0 Å². The smallest absolute Gasteiger partial charge is 0.242 e. The molecule has 8 heteroatoms. The van der Waals surface area contributed by atoms with Crippen molar-refractivity contribution in [1.29, 1.82) is 0 Å². The lowest BCUT2D eigenvalue weighted by Crippen LogP contribution is -2.41. The fourth-order valence-electron chi connectivity index (χ4n) is 1.77. The number of sulfonamides is 1. The van der Waals surface area contributed by atoms with Gasteiger partial charge in [-0.1, -0.05) is 39.7 Å². The molecule has 1 amide bonds. The van der Waals surface area contributed by atoms with Crippen molar-refractivity contribution < 1.29 is 13.2 Å². The molecule has 0 spiro atoms. The number of anilines is 1. The summed E-state index contributed by atoms with van der Waals surface area (Å²) < 4.78 is 27.6. The summed E-state index contributed by atoms with van der Waals surface area (Å²) in [4.78, 5) is 12.2. The van der Waals surface area contributed by atoms with Crippen molar-refractivity contribution in [3.05, 3.63) is 58.0 Å². The minimum Gasteiger partial charge on any atom is -0.323 e. The van der Waals surface area contributed by atoms with Gasteiger partial charge in [0.25, 0.3) is 0 Å². The van der Waals surface area contributed by atoms with Gasteiger partial charge in [-0.2, -0.15) is 4.72 Å². The van der Waals surface area contributed by atoms with E-state index in [9.17, 15) is 13.2 Å². The highest BCUT2D eigenvalue weighted by Crippen LogP contribution is 2.20. The second-order valence-electron chi connectivity index (χ2n) is 4.77. The van der Waals surface area contributed by atoms with Crippen molar-refractivity contribution in [1.82, 2.24) is 4.72 Å². The van der Waals surface area contributed by atoms with Gasteiger partial charge in [0.1, 0.15) is 0 Å². The molecule has 0 aliphatic rings. The van der Waals surface area contributed by atoms with Gasteiger partial charge >= 0.3 is 0 Å². The Morgan fingerprint density at radius 3 is 2.35 bits per heavy atom. The molecule has 0 aliphatic heterocycles. The van der Waals surface area contributed by atoms with Crippen LogP contribution in [0.1, 0.15) is 6.92 Å². The van der Waals surface area contributed by atoms with Crippen LogP contribution >= 0.6 is 27.5 Å². The van der Waals surface area contributed by atoms with Crippen molar-refractivity contribution in [2.24, 2.45) is 0 Å². The Balaban J connectivity index is 2.08. The predicted molar refractivity (Wildman–Crippen MR) is 94.0 cm³/mol. The van der Waals surface area contributed by atoms with Crippen molar-refractivity contribution >= 4 is 49.1 Å². The number of para-hydroxylation sites is 1. The third-order valence-electron chi connectivity index (χ3n) is 2.98. The van der Waals surface area contributed by atoms with Crippen LogP contribution in [0.15, 0.2) is 57.9 Å². The highest BCUT2D eigenvalue weighted by atomic mass is 79.9. The lowest BCUT2D eigenvalue weighted by Gasteiger charge is -2.15. The van der Waals surface area contributed by atoms with Gasteiger partial charge in [0.05, 0.1) is 21.6 Å². The molecule has 5 nitrogen and oxygen atoms in total. The first-order chi connectivity index (χ1) is 10.8. The van der Waals surface area contributed by atoms with Crippen LogP contribution in [-0.4, -0.2) is 20.4 Å². The first-order valence-corrected chi connectivity index (χ1v) is 9.28. The maximum atomic E-state index is 12.2. The average molecular weight is 418 g/mol. The zero-order valence-electron chi connectivity index (χ0n) is 12.1. The van der Waals surface area contributed by atoms with Crippen LogP contribution in [0.2, 0.25) is 5.02 Å². The van der Waals surface area contributed by atoms with Gasteiger partial charge < -0.3 is 5.32 Å². The summed E-state index contributed by atoms with van der Waals surface area (Å²) in [6.45, 7) is 1.46. The Hall–Kier alpha value is -1.41. The van der Waals surface area contributed by atoms with Gasteiger partial charge in [-0.05, 0) is 43.3 Å². The number of benzene rings is 2. The van der Waals surface area contributed by atoms with Crippen LogP contribution in [0.25, 0.3) is 0 Å². The normalized spacial score (nSPS) is 12.7. The summed E-state index contributed by atoms with van der Waals surface area (Å²) in [5, 5.41) is 2.97. The first-order valence-electron chi connectivity index (χ1n) is 6.63. The number of amides is 1. The number of carbonyl (C=O) groups excluding carboxylic acids is 1. The summed E-state index contributed by atoms with van der Waals surface area (Å²) >= 11 is 9.20. The molecule has 0 fully saturated rings. The lowest BCUT2D eigenvalue weighted by molar-refractivity contribution is -0.117. The maximum Gasteiger partial charge on any atom is 0.242 e. The molecule has 0 heterocycles. The predicted octanol–water partition coefficient (Wildman–Crippen LogP) is 3.41. The van der Waals surface area contributed by atoms with E-state index in [0.29, 0.717) is 10.7 Å². The van der Waals surface area contributed by atoms with Gasteiger partial charge in [0.15, 0.2) is 0 Å². The molecule has 0 radical (unpaired) electrons. The van der Waals surface area contributed by atoms with Gasteiger partial charge in [-0.15, -0.1) is 0 Å². The second-order valence-corrected chi connectivity index (χ2v) is 7.80. The van der Waals surface area contributed by atoms with E-state index < -0.39 is 22.0 Å². The molecule has 23 heavy (non-hydrogen) atoms. The highest BCUT2D eigenvalue weighted by Gasteiger charge is 2.22. The first kappa shape index (κ1) is 17.9. The van der Waals surface area contributed by atoms with E-state index in [-0.39, 0.29) is 4.90 Å². The number of carbonyl (C=O) groups is 1.